The first-order valence-electron chi connectivity index (χ1n) is 10.9. The molecule has 0 radical (unpaired) electrons. The highest BCUT2D eigenvalue weighted by atomic mass is 127. The summed E-state index contributed by atoms with van der Waals surface area (Å²) in [6.45, 7) is 9.81. The van der Waals surface area contributed by atoms with Crippen LogP contribution >= 0.6 is 24.0 Å². The fraction of sp³-hybridized carbons (Fsp3) is 0.478. The van der Waals surface area contributed by atoms with Crippen LogP contribution in [0.1, 0.15) is 12.5 Å². The van der Waals surface area contributed by atoms with Crippen molar-refractivity contribution in [2.75, 3.05) is 59.2 Å². The Bertz CT molecular complexity index is 771. The van der Waals surface area contributed by atoms with Crippen LogP contribution in [-0.4, -0.2) is 75.0 Å². The quantitative estimate of drug-likeness (QED) is 0.191. The molecular formula is C23H34IN5O3. The molecule has 0 atom stereocenters. The molecule has 2 heterocycles. The van der Waals surface area contributed by atoms with Gasteiger partial charge >= 0.3 is 0 Å². The highest BCUT2D eigenvalue weighted by Crippen LogP contribution is 2.10. The van der Waals surface area contributed by atoms with Crippen molar-refractivity contribution >= 4 is 29.9 Å². The van der Waals surface area contributed by atoms with Crippen molar-refractivity contribution in [2.45, 2.75) is 13.5 Å². The van der Waals surface area contributed by atoms with Crippen LogP contribution in [0.2, 0.25) is 0 Å². The zero-order valence-corrected chi connectivity index (χ0v) is 21.0. The summed E-state index contributed by atoms with van der Waals surface area (Å²) in [7, 11) is 0. The van der Waals surface area contributed by atoms with E-state index >= 15 is 0 Å². The van der Waals surface area contributed by atoms with E-state index in [1.807, 2.05) is 42.5 Å². The Morgan fingerprint density at radius 1 is 1.06 bits per heavy atom. The third kappa shape index (κ3) is 10.0. The molecule has 1 saturated heterocycles. The lowest BCUT2D eigenvalue weighted by Gasteiger charge is -2.26. The molecule has 1 aliphatic rings. The van der Waals surface area contributed by atoms with Crippen molar-refractivity contribution in [3.63, 3.8) is 0 Å². The standard InChI is InChI=1S/C23H33N5O3.HI/c1-2-24-23(25-10-11-28-12-14-29-15-13-28)27-19-20-8-9-22(26-18-20)31-17-16-30-21-6-4-3-5-7-21;/h3-9,18H,2,10-17,19H2,1H3,(H2,24,25,27);1H. The normalized spacial score (nSPS) is 14.3. The number of aromatic nitrogens is 1. The summed E-state index contributed by atoms with van der Waals surface area (Å²) in [6, 6.07) is 13.6. The van der Waals surface area contributed by atoms with Crippen LogP contribution in [0.5, 0.6) is 11.6 Å². The summed E-state index contributed by atoms with van der Waals surface area (Å²) in [5.41, 5.74) is 1.03. The molecule has 0 bridgehead atoms. The fourth-order valence-electron chi connectivity index (χ4n) is 3.08. The van der Waals surface area contributed by atoms with Crippen molar-refractivity contribution in [3.05, 3.63) is 54.2 Å². The van der Waals surface area contributed by atoms with Crippen LogP contribution in [0.25, 0.3) is 0 Å². The van der Waals surface area contributed by atoms with E-state index in [0.717, 1.165) is 63.2 Å². The minimum atomic E-state index is 0. The maximum Gasteiger partial charge on any atom is 0.213 e. The lowest BCUT2D eigenvalue weighted by atomic mass is 10.3. The molecule has 1 aliphatic heterocycles. The molecule has 0 unspecified atom stereocenters. The maximum atomic E-state index is 5.65. The Morgan fingerprint density at radius 3 is 2.56 bits per heavy atom. The van der Waals surface area contributed by atoms with Gasteiger partial charge in [-0.15, -0.1) is 24.0 Å². The predicted octanol–water partition coefficient (Wildman–Crippen LogP) is 2.54. The molecule has 0 saturated carbocycles. The fourth-order valence-corrected chi connectivity index (χ4v) is 3.08. The van der Waals surface area contributed by atoms with Gasteiger partial charge in [0.2, 0.25) is 5.88 Å². The number of hydrogen-bond donors (Lipinski definition) is 2. The Hall–Kier alpha value is -2.11. The Morgan fingerprint density at radius 2 is 1.84 bits per heavy atom. The van der Waals surface area contributed by atoms with Gasteiger partial charge in [-0.2, -0.15) is 0 Å². The monoisotopic (exact) mass is 555 g/mol. The number of aliphatic imine (C=N–C) groups is 1. The van der Waals surface area contributed by atoms with E-state index in [0.29, 0.717) is 25.6 Å². The van der Waals surface area contributed by atoms with Gasteiger partial charge in [0, 0.05) is 45.0 Å². The van der Waals surface area contributed by atoms with Gasteiger partial charge in [-0.3, -0.25) is 4.90 Å². The predicted molar refractivity (Wildman–Crippen MR) is 137 cm³/mol. The number of nitrogens with one attached hydrogen (secondary N) is 2. The molecule has 2 aromatic rings. The Balaban J connectivity index is 0.00000363. The van der Waals surface area contributed by atoms with E-state index in [2.05, 4.69) is 32.4 Å². The second-order valence-electron chi connectivity index (χ2n) is 7.09. The summed E-state index contributed by atoms with van der Waals surface area (Å²) in [6.07, 6.45) is 1.80. The molecule has 0 amide bonds. The second kappa shape index (κ2) is 15.7. The third-order valence-corrected chi connectivity index (χ3v) is 4.73. The number of guanidine groups is 1. The topological polar surface area (TPSA) is 80.2 Å². The molecule has 1 aromatic heterocycles. The van der Waals surface area contributed by atoms with Crippen LogP contribution in [0, 0.1) is 0 Å². The molecule has 9 heteroatoms. The van der Waals surface area contributed by atoms with E-state index in [-0.39, 0.29) is 24.0 Å². The van der Waals surface area contributed by atoms with E-state index in [4.69, 9.17) is 14.2 Å². The first kappa shape index (κ1) is 26.1. The Labute approximate surface area is 207 Å². The zero-order valence-electron chi connectivity index (χ0n) is 18.7. The average molecular weight is 555 g/mol. The number of hydrogen-bond acceptors (Lipinski definition) is 6. The summed E-state index contributed by atoms with van der Waals surface area (Å²) < 4.78 is 16.7. The van der Waals surface area contributed by atoms with Gasteiger partial charge in [-0.05, 0) is 24.6 Å². The number of para-hydroxylation sites is 1. The zero-order chi connectivity index (χ0) is 21.6. The lowest BCUT2D eigenvalue weighted by Crippen LogP contribution is -2.44. The van der Waals surface area contributed by atoms with E-state index in [9.17, 15) is 0 Å². The molecule has 0 spiro atoms. The number of halogens is 1. The molecule has 8 nitrogen and oxygen atoms in total. The number of morpholine rings is 1. The number of nitrogens with zero attached hydrogens (tertiary/aromatic N) is 3. The Kier molecular flexibility index (Phi) is 12.8. The SMILES string of the molecule is CCNC(=NCc1ccc(OCCOc2ccccc2)nc1)NCCN1CCOCC1.I. The number of pyridine rings is 1. The van der Waals surface area contributed by atoms with Gasteiger partial charge in [0.15, 0.2) is 5.96 Å². The van der Waals surface area contributed by atoms with Crippen molar-refractivity contribution in [2.24, 2.45) is 4.99 Å². The van der Waals surface area contributed by atoms with Gasteiger partial charge in [0.05, 0.1) is 19.8 Å². The van der Waals surface area contributed by atoms with Gasteiger partial charge in [-0.25, -0.2) is 9.98 Å². The van der Waals surface area contributed by atoms with Crippen LogP contribution in [0.3, 0.4) is 0 Å². The van der Waals surface area contributed by atoms with Crippen molar-refractivity contribution in [1.82, 2.24) is 20.5 Å². The summed E-state index contributed by atoms with van der Waals surface area (Å²) >= 11 is 0. The molecule has 1 fully saturated rings. The maximum absolute atomic E-state index is 5.65. The third-order valence-electron chi connectivity index (χ3n) is 4.73. The highest BCUT2D eigenvalue weighted by Gasteiger charge is 2.09. The molecular weight excluding hydrogens is 521 g/mol. The summed E-state index contributed by atoms with van der Waals surface area (Å²) in [5.74, 6) is 2.23. The van der Waals surface area contributed by atoms with Crippen LogP contribution < -0.4 is 20.1 Å². The van der Waals surface area contributed by atoms with Crippen LogP contribution in [0.4, 0.5) is 0 Å². The number of benzene rings is 1. The molecule has 2 N–H and O–H groups in total. The molecule has 0 aliphatic carbocycles. The minimum absolute atomic E-state index is 0. The molecule has 32 heavy (non-hydrogen) atoms. The summed E-state index contributed by atoms with van der Waals surface area (Å²) in [5, 5.41) is 6.68. The first-order chi connectivity index (χ1) is 15.3. The molecule has 1 aromatic carbocycles. The lowest BCUT2D eigenvalue weighted by molar-refractivity contribution is 0.0389. The smallest absolute Gasteiger partial charge is 0.213 e. The van der Waals surface area contributed by atoms with Gasteiger partial charge < -0.3 is 24.8 Å². The van der Waals surface area contributed by atoms with Crippen LogP contribution in [-0.2, 0) is 11.3 Å². The van der Waals surface area contributed by atoms with Gasteiger partial charge in [0.25, 0.3) is 0 Å². The second-order valence-corrected chi connectivity index (χ2v) is 7.09. The summed E-state index contributed by atoms with van der Waals surface area (Å²) in [4.78, 5) is 11.4. The van der Waals surface area contributed by atoms with Gasteiger partial charge in [0.1, 0.15) is 19.0 Å². The van der Waals surface area contributed by atoms with Crippen LogP contribution in [0.15, 0.2) is 53.7 Å². The minimum Gasteiger partial charge on any atom is -0.490 e. The van der Waals surface area contributed by atoms with E-state index < -0.39 is 0 Å². The molecule has 176 valence electrons. The number of rotatable bonds is 11. The van der Waals surface area contributed by atoms with Gasteiger partial charge in [-0.1, -0.05) is 24.3 Å². The average Bonchev–Trinajstić information content (AvgIpc) is 2.82. The number of ether oxygens (including phenoxy) is 3. The highest BCUT2D eigenvalue weighted by molar-refractivity contribution is 14.0. The van der Waals surface area contributed by atoms with E-state index in [1.165, 1.54) is 0 Å². The first-order valence-corrected chi connectivity index (χ1v) is 10.9. The van der Waals surface area contributed by atoms with Crippen molar-refractivity contribution in [3.8, 4) is 11.6 Å². The van der Waals surface area contributed by atoms with Crippen molar-refractivity contribution in [1.29, 1.82) is 0 Å². The molecule has 3 rings (SSSR count). The van der Waals surface area contributed by atoms with Crippen molar-refractivity contribution < 1.29 is 14.2 Å². The largest absolute Gasteiger partial charge is 0.490 e. The van der Waals surface area contributed by atoms with E-state index in [1.54, 1.807) is 6.20 Å².